The van der Waals surface area contributed by atoms with Gasteiger partial charge in [0.1, 0.15) is 11.8 Å². The molecule has 0 amide bonds. The summed E-state index contributed by atoms with van der Waals surface area (Å²) in [7, 11) is 0. The van der Waals surface area contributed by atoms with Crippen LogP contribution >= 0.6 is 0 Å². The Morgan fingerprint density at radius 1 is 1.23 bits per heavy atom. The average molecular weight is 357 g/mol. The molecule has 1 aliphatic rings. The van der Waals surface area contributed by atoms with Gasteiger partial charge in [-0.3, -0.25) is 4.79 Å². The molecule has 0 bridgehead atoms. The minimum absolute atomic E-state index is 0.0366. The van der Waals surface area contributed by atoms with Crippen LogP contribution in [0.4, 0.5) is 4.39 Å². The van der Waals surface area contributed by atoms with Crippen LogP contribution in [0.25, 0.3) is 11.5 Å². The van der Waals surface area contributed by atoms with E-state index in [1.165, 1.54) is 24.5 Å². The first-order valence-corrected chi connectivity index (χ1v) is 8.22. The molecule has 8 heteroatoms. The largest absolute Gasteiger partial charge is 0.490 e. The van der Waals surface area contributed by atoms with Crippen LogP contribution in [0.5, 0.6) is 11.6 Å². The molecule has 26 heavy (non-hydrogen) atoms. The number of nitrogens with one attached hydrogen (secondary N) is 1. The lowest BCUT2D eigenvalue weighted by Crippen LogP contribution is -2.37. The van der Waals surface area contributed by atoms with Gasteiger partial charge in [0.05, 0.1) is 25.1 Å². The van der Waals surface area contributed by atoms with Gasteiger partial charge in [0.25, 0.3) is 5.56 Å². The zero-order chi connectivity index (χ0) is 17.9. The third-order valence-electron chi connectivity index (χ3n) is 4.20. The van der Waals surface area contributed by atoms with E-state index in [1.807, 2.05) is 0 Å². The molecule has 1 N–H and O–H groups in total. The predicted octanol–water partition coefficient (Wildman–Crippen LogP) is 2.80. The molecule has 0 unspecified atom stereocenters. The highest BCUT2D eigenvalue weighted by atomic mass is 19.1. The summed E-state index contributed by atoms with van der Waals surface area (Å²) in [5.41, 5.74) is 0.112. The molecule has 0 atom stereocenters. The number of hydrogen-bond acceptors (Lipinski definition) is 6. The fourth-order valence-corrected chi connectivity index (χ4v) is 2.76. The van der Waals surface area contributed by atoms with E-state index in [1.54, 1.807) is 18.2 Å². The van der Waals surface area contributed by atoms with E-state index in [0.717, 1.165) is 12.8 Å². The lowest BCUT2D eigenvalue weighted by molar-refractivity contribution is 0.0345. The highest BCUT2D eigenvalue weighted by Gasteiger charge is 2.32. The van der Waals surface area contributed by atoms with Crippen molar-refractivity contribution in [2.75, 3.05) is 6.61 Å². The Kier molecular flexibility index (Phi) is 4.39. The normalized spacial score (nSPS) is 19.0. The molecule has 7 nitrogen and oxygen atoms in total. The van der Waals surface area contributed by atoms with Crippen LogP contribution in [0.2, 0.25) is 0 Å². The Balaban J connectivity index is 1.25. The lowest BCUT2D eigenvalue weighted by Gasteiger charge is -2.34. The van der Waals surface area contributed by atoms with Gasteiger partial charge in [-0.05, 0) is 30.9 Å². The van der Waals surface area contributed by atoms with E-state index in [0.29, 0.717) is 29.9 Å². The Labute approximate surface area is 147 Å². The monoisotopic (exact) mass is 357 g/mol. The van der Waals surface area contributed by atoms with Gasteiger partial charge in [-0.15, -0.1) is 0 Å². The molecular formula is C18H16FN3O4. The molecule has 3 aromatic rings. The maximum Gasteiger partial charge on any atom is 0.280 e. The van der Waals surface area contributed by atoms with Crippen molar-refractivity contribution in [3.63, 3.8) is 0 Å². The van der Waals surface area contributed by atoms with Crippen LogP contribution in [0.15, 0.2) is 52.0 Å². The summed E-state index contributed by atoms with van der Waals surface area (Å²) in [4.78, 5) is 19.4. The van der Waals surface area contributed by atoms with Gasteiger partial charge >= 0.3 is 0 Å². The van der Waals surface area contributed by atoms with Crippen molar-refractivity contribution in [3.8, 4) is 23.1 Å². The Hall–Kier alpha value is -3.16. The third kappa shape index (κ3) is 3.58. The van der Waals surface area contributed by atoms with Crippen LogP contribution in [0.1, 0.15) is 12.8 Å². The standard InChI is InChI=1S/C18H16FN3O4/c19-13-3-1-2-4-15(13)24-10-11-5-12(6-11)25-18-9-20-14(8-21-18)16-7-17(23)22-26-16/h1-4,7-9,11-12H,5-6,10H2,(H,22,23). The summed E-state index contributed by atoms with van der Waals surface area (Å²) >= 11 is 0. The van der Waals surface area contributed by atoms with Crippen LogP contribution < -0.4 is 15.0 Å². The van der Waals surface area contributed by atoms with Crippen molar-refractivity contribution in [1.82, 2.24) is 15.1 Å². The van der Waals surface area contributed by atoms with Gasteiger partial charge in [-0.1, -0.05) is 12.1 Å². The van der Waals surface area contributed by atoms with Gasteiger partial charge in [-0.25, -0.2) is 14.4 Å². The second-order valence-corrected chi connectivity index (χ2v) is 6.14. The van der Waals surface area contributed by atoms with Crippen molar-refractivity contribution in [3.05, 3.63) is 58.9 Å². The quantitative estimate of drug-likeness (QED) is 0.730. The summed E-state index contributed by atoms with van der Waals surface area (Å²) in [6.45, 7) is 0.456. The van der Waals surface area contributed by atoms with Gasteiger partial charge in [0, 0.05) is 0 Å². The van der Waals surface area contributed by atoms with Crippen LogP contribution in [0, 0.1) is 11.7 Å². The number of hydrogen-bond donors (Lipinski definition) is 1. The molecule has 0 spiro atoms. The minimum atomic E-state index is -0.353. The Morgan fingerprint density at radius 2 is 2.08 bits per heavy atom. The first-order chi connectivity index (χ1) is 12.7. The predicted molar refractivity (Wildman–Crippen MR) is 89.4 cm³/mol. The molecule has 4 rings (SSSR count). The first-order valence-electron chi connectivity index (χ1n) is 8.22. The molecule has 0 saturated heterocycles. The number of ether oxygens (including phenoxy) is 2. The fourth-order valence-electron chi connectivity index (χ4n) is 2.76. The number of halogens is 1. The summed E-state index contributed by atoms with van der Waals surface area (Å²) in [6.07, 6.45) is 4.63. The molecule has 1 saturated carbocycles. The van der Waals surface area contributed by atoms with Gasteiger partial charge in [-0.2, -0.15) is 5.16 Å². The molecule has 1 fully saturated rings. The van der Waals surface area contributed by atoms with Crippen molar-refractivity contribution >= 4 is 0 Å². The first kappa shape index (κ1) is 16.3. The van der Waals surface area contributed by atoms with Gasteiger partial charge in [0.2, 0.25) is 5.88 Å². The second-order valence-electron chi connectivity index (χ2n) is 6.14. The number of nitrogens with zero attached hydrogens (tertiary/aromatic N) is 2. The van der Waals surface area contributed by atoms with E-state index >= 15 is 0 Å². The third-order valence-corrected chi connectivity index (χ3v) is 4.20. The van der Waals surface area contributed by atoms with Crippen molar-refractivity contribution in [1.29, 1.82) is 0 Å². The van der Waals surface area contributed by atoms with Crippen LogP contribution in [0.3, 0.4) is 0 Å². The van der Waals surface area contributed by atoms with Crippen molar-refractivity contribution in [2.45, 2.75) is 18.9 Å². The number of aromatic nitrogens is 3. The van der Waals surface area contributed by atoms with E-state index in [9.17, 15) is 9.18 Å². The number of para-hydroxylation sites is 1. The molecule has 0 radical (unpaired) electrons. The smallest absolute Gasteiger partial charge is 0.280 e. The molecule has 0 aliphatic heterocycles. The Bertz CT molecular complexity index is 932. The molecule has 1 aromatic carbocycles. The maximum absolute atomic E-state index is 13.5. The van der Waals surface area contributed by atoms with Crippen molar-refractivity contribution in [2.24, 2.45) is 5.92 Å². The second kappa shape index (κ2) is 6.99. The van der Waals surface area contributed by atoms with E-state index in [2.05, 4.69) is 15.1 Å². The van der Waals surface area contributed by atoms with E-state index < -0.39 is 0 Å². The van der Waals surface area contributed by atoms with Gasteiger partial charge in [0.15, 0.2) is 17.3 Å². The molecule has 2 aromatic heterocycles. The topological polar surface area (TPSA) is 90.2 Å². The number of aromatic amines is 1. The summed E-state index contributed by atoms with van der Waals surface area (Å²) in [5.74, 6) is 0.970. The zero-order valence-electron chi connectivity index (χ0n) is 13.7. The summed E-state index contributed by atoms with van der Waals surface area (Å²) in [5, 5.41) is 2.20. The number of rotatable bonds is 6. The van der Waals surface area contributed by atoms with E-state index in [-0.39, 0.29) is 23.2 Å². The Morgan fingerprint density at radius 3 is 2.77 bits per heavy atom. The van der Waals surface area contributed by atoms with Gasteiger partial charge < -0.3 is 14.0 Å². The average Bonchev–Trinajstić information content (AvgIpc) is 3.05. The zero-order valence-corrected chi connectivity index (χ0v) is 13.7. The van der Waals surface area contributed by atoms with Crippen molar-refractivity contribution < 1.29 is 18.4 Å². The molecule has 134 valence electrons. The molecular weight excluding hydrogens is 341 g/mol. The SMILES string of the molecule is O=c1cc(-c2cnc(OC3CC(COc4ccccc4F)C3)cn2)o[nH]1. The minimum Gasteiger partial charge on any atom is -0.490 e. The summed E-state index contributed by atoms with van der Waals surface area (Å²) in [6, 6.07) is 7.67. The highest BCUT2D eigenvalue weighted by molar-refractivity contribution is 5.49. The van der Waals surface area contributed by atoms with E-state index in [4.69, 9.17) is 14.0 Å². The molecule has 2 heterocycles. The number of H-pyrrole nitrogens is 1. The maximum atomic E-state index is 13.5. The number of benzene rings is 1. The lowest BCUT2D eigenvalue weighted by atomic mass is 9.83. The van der Waals surface area contributed by atoms with Crippen LogP contribution in [-0.4, -0.2) is 27.8 Å². The fraction of sp³-hybridized carbons (Fsp3) is 0.278. The highest BCUT2D eigenvalue weighted by Crippen LogP contribution is 2.31. The van der Waals surface area contributed by atoms with Crippen LogP contribution in [-0.2, 0) is 0 Å². The summed E-state index contributed by atoms with van der Waals surface area (Å²) < 4.78 is 29.7. The molecule has 1 aliphatic carbocycles.